The molecule has 0 fully saturated rings. The molecule has 2 heterocycles. The quantitative estimate of drug-likeness (QED) is 0.288. The van der Waals surface area contributed by atoms with Crippen LogP contribution in [0.4, 0.5) is 13.2 Å². The SMILES string of the molecule is Cl.OC(CCCC1Cc2[nH]c3c(F)ccc(-c4ccc(F)cc4)c3c2CN1)c1cccc(F)c1. The van der Waals surface area contributed by atoms with Gasteiger partial charge in [0.1, 0.15) is 17.5 Å². The van der Waals surface area contributed by atoms with E-state index < -0.39 is 6.10 Å². The number of hydrogen-bond acceptors (Lipinski definition) is 2. The number of H-pyrrole nitrogens is 1. The van der Waals surface area contributed by atoms with E-state index in [1.165, 1.54) is 30.3 Å². The molecule has 4 aromatic rings. The first-order chi connectivity index (χ1) is 16.0. The first-order valence-electron chi connectivity index (χ1n) is 11.2. The molecule has 0 aliphatic carbocycles. The third kappa shape index (κ3) is 4.85. The lowest BCUT2D eigenvalue weighted by atomic mass is 9.93. The number of aromatic amines is 1. The number of rotatable bonds is 6. The fourth-order valence-electron chi connectivity index (χ4n) is 4.84. The second-order valence-electron chi connectivity index (χ2n) is 8.72. The van der Waals surface area contributed by atoms with Crippen molar-refractivity contribution in [1.29, 1.82) is 0 Å². The monoisotopic (exact) mass is 486 g/mol. The zero-order chi connectivity index (χ0) is 22.9. The summed E-state index contributed by atoms with van der Waals surface area (Å²) in [6.45, 7) is 0.601. The smallest absolute Gasteiger partial charge is 0.147 e. The van der Waals surface area contributed by atoms with Crippen LogP contribution in [0.15, 0.2) is 60.7 Å². The van der Waals surface area contributed by atoms with Crippen LogP contribution in [0, 0.1) is 17.5 Å². The van der Waals surface area contributed by atoms with Gasteiger partial charge in [0.25, 0.3) is 0 Å². The molecule has 1 aliphatic rings. The number of nitrogens with one attached hydrogen (secondary N) is 2. The molecule has 2 atom stereocenters. The molecule has 3 N–H and O–H groups in total. The first-order valence-corrected chi connectivity index (χ1v) is 11.2. The van der Waals surface area contributed by atoms with Gasteiger partial charge in [0.05, 0.1) is 11.6 Å². The van der Waals surface area contributed by atoms with Crippen LogP contribution in [0.3, 0.4) is 0 Å². The molecule has 34 heavy (non-hydrogen) atoms. The van der Waals surface area contributed by atoms with Crippen LogP contribution in [0.25, 0.3) is 22.0 Å². The minimum Gasteiger partial charge on any atom is -0.388 e. The maximum atomic E-state index is 14.6. The van der Waals surface area contributed by atoms with E-state index in [1.54, 1.807) is 30.3 Å². The highest BCUT2D eigenvalue weighted by atomic mass is 35.5. The Labute approximate surface area is 202 Å². The van der Waals surface area contributed by atoms with Gasteiger partial charge in [0.2, 0.25) is 0 Å². The third-order valence-corrected chi connectivity index (χ3v) is 6.53. The van der Waals surface area contributed by atoms with Gasteiger partial charge in [-0.25, -0.2) is 13.2 Å². The fourth-order valence-corrected chi connectivity index (χ4v) is 4.84. The zero-order valence-electron chi connectivity index (χ0n) is 18.5. The molecule has 0 radical (unpaired) electrons. The Morgan fingerprint density at radius 1 is 0.971 bits per heavy atom. The van der Waals surface area contributed by atoms with Gasteiger partial charge in [-0.3, -0.25) is 0 Å². The molecular formula is C27H26ClF3N2O. The van der Waals surface area contributed by atoms with Crippen molar-refractivity contribution in [2.45, 2.75) is 44.4 Å². The largest absolute Gasteiger partial charge is 0.388 e. The summed E-state index contributed by atoms with van der Waals surface area (Å²) in [4.78, 5) is 3.29. The predicted molar refractivity (Wildman–Crippen MR) is 130 cm³/mol. The van der Waals surface area contributed by atoms with Crippen LogP contribution in [-0.2, 0) is 13.0 Å². The summed E-state index contributed by atoms with van der Waals surface area (Å²) in [5.74, 6) is -0.959. The summed E-state index contributed by atoms with van der Waals surface area (Å²) in [5.41, 5.74) is 4.84. The van der Waals surface area contributed by atoms with E-state index in [9.17, 15) is 18.3 Å². The molecular weight excluding hydrogens is 461 g/mol. The second-order valence-corrected chi connectivity index (χ2v) is 8.72. The van der Waals surface area contributed by atoms with Gasteiger partial charge < -0.3 is 15.4 Å². The van der Waals surface area contributed by atoms with Crippen LogP contribution >= 0.6 is 12.4 Å². The van der Waals surface area contributed by atoms with Crippen molar-refractivity contribution in [1.82, 2.24) is 10.3 Å². The van der Waals surface area contributed by atoms with Crippen molar-refractivity contribution >= 4 is 23.3 Å². The van der Waals surface area contributed by atoms with Gasteiger partial charge in [-0.1, -0.05) is 30.3 Å². The van der Waals surface area contributed by atoms with E-state index in [1.807, 2.05) is 0 Å². The first kappa shape index (κ1) is 24.3. The van der Waals surface area contributed by atoms with Crippen LogP contribution in [-0.4, -0.2) is 16.1 Å². The number of halogens is 4. The lowest BCUT2D eigenvalue weighted by molar-refractivity contribution is 0.161. The summed E-state index contributed by atoms with van der Waals surface area (Å²) in [6, 6.07) is 15.7. The molecule has 7 heteroatoms. The third-order valence-electron chi connectivity index (χ3n) is 6.53. The Morgan fingerprint density at radius 3 is 2.53 bits per heavy atom. The minimum absolute atomic E-state index is 0. The summed E-state index contributed by atoms with van der Waals surface area (Å²) >= 11 is 0. The Bertz CT molecular complexity index is 1290. The predicted octanol–water partition coefficient (Wildman–Crippen LogP) is 6.59. The number of aliphatic hydroxyl groups excluding tert-OH is 1. The summed E-state index contributed by atoms with van der Waals surface area (Å²) in [7, 11) is 0. The van der Waals surface area contributed by atoms with Gasteiger partial charge in [0, 0.05) is 30.1 Å². The number of aromatic nitrogens is 1. The number of fused-ring (bicyclic) bond motifs is 3. The molecule has 0 spiro atoms. The zero-order valence-corrected chi connectivity index (χ0v) is 19.3. The molecule has 1 aliphatic heterocycles. The molecule has 5 rings (SSSR count). The van der Waals surface area contributed by atoms with Crippen molar-refractivity contribution in [3.8, 4) is 11.1 Å². The molecule has 3 nitrogen and oxygen atoms in total. The Kier molecular flexibility index (Phi) is 7.31. The highest BCUT2D eigenvalue weighted by molar-refractivity contribution is 5.99. The molecule has 0 amide bonds. The number of aliphatic hydroxyl groups is 1. The van der Waals surface area contributed by atoms with Crippen molar-refractivity contribution in [2.24, 2.45) is 0 Å². The van der Waals surface area contributed by atoms with E-state index in [-0.39, 0.29) is 35.9 Å². The van der Waals surface area contributed by atoms with Gasteiger partial charge in [-0.15, -0.1) is 12.4 Å². The van der Waals surface area contributed by atoms with E-state index in [2.05, 4.69) is 10.3 Å². The summed E-state index contributed by atoms with van der Waals surface area (Å²) < 4.78 is 41.4. The van der Waals surface area contributed by atoms with E-state index >= 15 is 0 Å². The number of hydrogen-bond donors (Lipinski definition) is 3. The van der Waals surface area contributed by atoms with Crippen LogP contribution < -0.4 is 5.32 Å². The average molecular weight is 487 g/mol. The molecule has 178 valence electrons. The number of benzene rings is 3. The Morgan fingerprint density at radius 2 is 1.76 bits per heavy atom. The van der Waals surface area contributed by atoms with E-state index in [4.69, 9.17) is 0 Å². The van der Waals surface area contributed by atoms with Crippen molar-refractivity contribution < 1.29 is 18.3 Å². The second kappa shape index (κ2) is 10.2. The van der Waals surface area contributed by atoms with Gasteiger partial charge >= 0.3 is 0 Å². The lowest BCUT2D eigenvalue weighted by Gasteiger charge is -2.25. The van der Waals surface area contributed by atoms with E-state index in [0.29, 0.717) is 24.0 Å². The average Bonchev–Trinajstić information content (AvgIpc) is 3.20. The van der Waals surface area contributed by atoms with E-state index in [0.717, 1.165) is 47.0 Å². The van der Waals surface area contributed by atoms with Crippen LogP contribution in [0.5, 0.6) is 0 Å². The standard InChI is InChI=1S/C27H25F3N2O.ClH/c28-18-9-7-16(8-10-18)21-11-12-23(30)27-26(21)22-15-31-20(14-24(22)32-27)5-2-6-25(33)17-3-1-4-19(29)13-17;/h1,3-4,7-13,20,25,31-33H,2,5-6,14-15H2;1H. The maximum Gasteiger partial charge on any atom is 0.147 e. The minimum atomic E-state index is -0.694. The van der Waals surface area contributed by atoms with Crippen LogP contribution in [0.2, 0.25) is 0 Å². The van der Waals surface area contributed by atoms with Gasteiger partial charge in [-0.05, 0) is 71.8 Å². The highest BCUT2D eigenvalue weighted by Crippen LogP contribution is 2.36. The van der Waals surface area contributed by atoms with Crippen molar-refractivity contribution in [2.75, 3.05) is 0 Å². The topological polar surface area (TPSA) is 48.0 Å². The summed E-state index contributed by atoms with van der Waals surface area (Å²) in [6.07, 6.45) is 2.20. The Hall–Kier alpha value is -2.80. The van der Waals surface area contributed by atoms with Crippen LogP contribution in [0.1, 0.15) is 42.2 Å². The highest BCUT2D eigenvalue weighted by Gasteiger charge is 2.25. The van der Waals surface area contributed by atoms with Crippen molar-refractivity contribution in [3.05, 3.63) is 94.9 Å². The fraction of sp³-hybridized carbons (Fsp3) is 0.259. The van der Waals surface area contributed by atoms with Gasteiger partial charge in [0.15, 0.2) is 0 Å². The molecule has 2 unspecified atom stereocenters. The molecule has 3 aromatic carbocycles. The summed E-state index contributed by atoms with van der Waals surface area (Å²) in [5, 5.41) is 14.7. The maximum absolute atomic E-state index is 14.6. The van der Waals surface area contributed by atoms with Crippen molar-refractivity contribution in [3.63, 3.8) is 0 Å². The molecule has 0 bridgehead atoms. The lowest BCUT2D eigenvalue weighted by Crippen LogP contribution is -2.35. The molecule has 0 saturated carbocycles. The molecule has 0 saturated heterocycles. The molecule has 1 aromatic heterocycles. The Balaban J connectivity index is 0.00000274. The van der Waals surface area contributed by atoms with Gasteiger partial charge in [-0.2, -0.15) is 0 Å². The normalized spacial score (nSPS) is 16.2.